The third kappa shape index (κ3) is 2.21. The van der Waals surface area contributed by atoms with Crippen LogP contribution < -0.4 is 5.32 Å². The first-order valence-electron chi connectivity index (χ1n) is 5.20. The van der Waals surface area contributed by atoms with Crippen molar-refractivity contribution < 1.29 is 9.59 Å². The molecule has 0 aliphatic carbocycles. The summed E-state index contributed by atoms with van der Waals surface area (Å²) in [6.45, 7) is 2.71. The summed E-state index contributed by atoms with van der Waals surface area (Å²) >= 11 is 1.22. The standard InChI is InChI=1S/C10H13N3O2S/c1-7-3-2-5-13(7)10(15)12-8(14)9-11-4-6-16-9/h4,6-7H,2-3,5H2,1H3,(H,12,14,15)/t7-/m0/s1. The molecule has 1 aliphatic heterocycles. The van der Waals surface area contributed by atoms with Gasteiger partial charge in [-0.2, -0.15) is 0 Å². The van der Waals surface area contributed by atoms with Crippen molar-refractivity contribution in [3.8, 4) is 0 Å². The molecule has 1 N–H and O–H groups in total. The van der Waals surface area contributed by atoms with Gasteiger partial charge in [0.25, 0.3) is 5.91 Å². The fraction of sp³-hybridized carbons (Fsp3) is 0.500. The molecule has 0 saturated carbocycles. The molecule has 16 heavy (non-hydrogen) atoms. The first-order valence-corrected chi connectivity index (χ1v) is 6.08. The summed E-state index contributed by atoms with van der Waals surface area (Å²) in [4.78, 5) is 28.8. The van der Waals surface area contributed by atoms with Gasteiger partial charge in [-0.3, -0.25) is 10.1 Å². The molecular weight excluding hydrogens is 226 g/mol. The highest BCUT2D eigenvalue weighted by atomic mass is 32.1. The number of hydrogen-bond acceptors (Lipinski definition) is 4. The fourth-order valence-electron chi connectivity index (χ4n) is 1.79. The van der Waals surface area contributed by atoms with Gasteiger partial charge in [0, 0.05) is 24.2 Å². The number of rotatable bonds is 1. The van der Waals surface area contributed by atoms with Gasteiger partial charge in [-0.1, -0.05) is 0 Å². The van der Waals surface area contributed by atoms with Crippen molar-refractivity contribution in [2.24, 2.45) is 0 Å². The van der Waals surface area contributed by atoms with Crippen LogP contribution in [0.1, 0.15) is 29.6 Å². The maximum absolute atomic E-state index is 11.7. The van der Waals surface area contributed by atoms with Gasteiger partial charge in [-0.15, -0.1) is 11.3 Å². The van der Waals surface area contributed by atoms with Crippen LogP contribution in [0.5, 0.6) is 0 Å². The van der Waals surface area contributed by atoms with Gasteiger partial charge in [0.15, 0.2) is 5.01 Å². The molecule has 2 rings (SSSR count). The van der Waals surface area contributed by atoms with Gasteiger partial charge < -0.3 is 4.90 Å². The van der Waals surface area contributed by atoms with Gasteiger partial charge in [-0.05, 0) is 19.8 Å². The Bertz CT molecular complexity index is 391. The minimum Gasteiger partial charge on any atom is -0.322 e. The zero-order chi connectivity index (χ0) is 11.5. The lowest BCUT2D eigenvalue weighted by atomic mass is 10.2. The number of thiazole rings is 1. The number of amides is 3. The molecule has 2 heterocycles. The Morgan fingerprint density at radius 1 is 1.62 bits per heavy atom. The molecule has 0 bridgehead atoms. The molecule has 86 valence electrons. The van der Waals surface area contributed by atoms with E-state index in [2.05, 4.69) is 10.3 Å². The highest BCUT2D eigenvalue weighted by Gasteiger charge is 2.26. The lowest BCUT2D eigenvalue weighted by Crippen LogP contribution is -2.44. The normalized spacial score (nSPS) is 19.8. The van der Waals surface area contributed by atoms with Gasteiger partial charge in [-0.25, -0.2) is 9.78 Å². The topological polar surface area (TPSA) is 62.3 Å². The maximum Gasteiger partial charge on any atom is 0.324 e. The monoisotopic (exact) mass is 239 g/mol. The van der Waals surface area contributed by atoms with E-state index in [4.69, 9.17) is 0 Å². The van der Waals surface area contributed by atoms with Crippen LogP contribution in [0.3, 0.4) is 0 Å². The Labute approximate surface area is 97.5 Å². The average Bonchev–Trinajstić information content (AvgIpc) is 2.86. The van der Waals surface area contributed by atoms with E-state index in [1.54, 1.807) is 16.5 Å². The van der Waals surface area contributed by atoms with Crippen LogP contribution in [0.2, 0.25) is 0 Å². The van der Waals surface area contributed by atoms with E-state index >= 15 is 0 Å². The lowest BCUT2D eigenvalue weighted by Gasteiger charge is -2.20. The molecule has 3 amide bonds. The summed E-state index contributed by atoms with van der Waals surface area (Å²) in [5, 5.41) is 4.38. The second-order valence-electron chi connectivity index (χ2n) is 3.78. The second-order valence-corrected chi connectivity index (χ2v) is 4.68. The summed E-state index contributed by atoms with van der Waals surface area (Å²) in [6.07, 6.45) is 3.54. The Morgan fingerprint density at radius 2 is 2.44 bits per heavy atom. The van der Waals surface area contributed by atoms with E-state index in [9.17, 15) is 9.59 Å². The van der Waals surface area contributed by atoms with E-state index in [0.29, 0.717) is 5.01 Å². The van der Waals surface area contributed by atoms with Crippen LogP contribution in [-0.4, -0.2) is 34.4 Å². The van der Waals surface area contributed by atoms with Crippen molar-refractivity contribution in [3.63, 3.8) is 0 Å². The number of carbonyl (C=O) groups excluding carboxylic acids is 2. The molecule has 1 aliphatic rings. The molecule has 1 saturated heterocycles. The van der Waals surface area contributed by atoms with E-state index in [1.807, 2.05) is 6.92 Å². The first-order chi connectivity index (χ1) is 7.68. The molecule has 0 unspecified atom stereocenters. The third-order valence-electron chi connectivity index (χ3n) is 2.66. The van der Waals surface area contributed by atoms with E-state index in [0.717, 1.165) is 19.4 Å². The smallest absolute Gasteiger partial charge is 0.322 e. The van der Waals surface area contributed by atoms with Crippen molar-refractivity contribution >= 4 is 23.3 Å². The van der Waals surface area contributed by atoms with Crippen LogP contribution in [0, 0.1) is 0 Å². The fourth-order valence-corrected chi connectivity index (χ4v) is 2.32. The molecule has 1 atom stereocenters. The molecule has 0 spiro atoms. The highest BCUT2D eigenvalue weighted by Crippen LogP contribution is 2.16. The summed E-state index contributed by atoms with van der Waals surface area (Å²) < 4.78 is 0. The summed E-state index contributed by atoms with van der Waals surface area (Å²) in [5.74, 6) is -0.418. The molecule has 1 aromatic rings. The number of aromatic nitrogens is 1. The minimum absolute atomic E-state index is 0.212. The van der Waals surface area contributed by atoms with Crippen molar-refractivity contribution in [1.29, 1.82) is 0 Å². The quantitative estimate of drug-likeness (QED) is 0.807. The van der Waals surface area contributed by atoms with Crippen LogP contribution in [0.4, 0.5) is 4.79 Å². The van der Waals surface area contributed by atoms with Crippen molar-refractivity contribution in [2.45, 2.75) is 25.8 Å². The molecule has 1 fully saturated rings. The predicted molar refractivity (Wildman–Crippen MR) is 60.4 cm³/mol. The van der Waals surface area contributed by atoms with Gasteiger partial charge in [0.05, 0.1) is 0 Å². The third-order valence-corrected chi connectivity index (χ3v) is 3.43. The highest BCUT2D eigenvalue weighted by molar-refractivity contribution is 7.11. The molecule has 6 heteroatoms. The number of carbonyl (C=O) groups is 2. The number of imide groups is 1. The van der Waals surface area contributed by atoms with Crippen LogP contribution >= 0.6 is 11.3 Å². The molecular formula is C10H13N3O2S. The second kappa shape index (κ2) is 4.61. The van der Waals surface area contributed by atoms with E-state index in [-0.39, 0.29) is 12.1 Å². The number of hydrogen-bond donors (Lipinski definition) is 1. The summed E-state index contributed by atoms with van der Waals surface area (Å²) in [5.41, 5.74) is 0. The van der Waals surface area contributed by atoms with E-state index in [1.165, 1.54) is 11.3 Å². The number of nitrogens with zero attached hydrogens (tertiary/aromatic N) is 2. The van der Waals surface area contributed by atoms with Gasteiger partial charge >= 0.3 is 6.03 Å². The molecule has 0 aromatic carbocycles. The summed E-state index contributed by atoms with van der Waals surface area (Å²) in [6, 6.07) is -0.103. The maximum atomic E-state index is 11.7. The lowest BCUT2D eigenvalue weighted by molar-refractivity contribution is 0.0951. The van der Waals surface area contributed by atoms with Gasteiger partial charge in [0.1, 0.15) is 0 Å². The minimum atomic E-state index is -0.418. The zero-order valence-corrected chi connectivity index (χ0v) is 9.79. The number of urea groups is 1. The van der Waals surface area contributed by atoms with Crippen LogP contribution in [0.25, 0.3) is 0 Å². The SMILES string of the molecule is C[C@H]1CCCN1C(=O)NC(=O)c1nccs1. The summed E-state index contributed by atoms with van der Waals surface area (Å²) in [7, 11) is 0. The predicted octanol–water partition coefficient (Wildman–Crippen LogP) is 1.48. The van der Waals surface area contributed by atoms with Gasteiger partial charge in [0.2, 0.25) is 0 Å². The average molecular weight is 239 g/mol. The Balaban J connectivity index is 1.95. The van der Waals surface area contributed by atoms with Crippen molar-refractivity contribution in [3.05, 3.63) is 16.6 Å². The first kappa shape index (κ1) is 11.1. The zero-order valence-electron chi connectivity index (χ0n) is 8.97. The Hall–Kier alpha value is -1.43. The van der Waals surface area contributed by atoms with Crippen molar-refractivity contribution in [1.82, 2.24) is 15.2 Å². The molecule has 1 aromatic heterocycles. The molecule has 5 nitrogen and oxygen atoms in total. The van der Waals surface area contributed by atoms with Crippen molar-refractivity contribution in [2.75, 3.05) is 6.54 Å². The van der Waals surface area contributed by atoms with Crippen LogP contribution in [-0.2, 0) is 0 Å². The van der Waals surface area contributed by atoms with E-state index < -0.39 is 5.91 Å². The number of nitrogens with one attached hydrogen (secondary N) is 1. The molecule has 0 radical (unpaired) electrons. The number of likely N-dealkylation sites (tertiary alicyclic amines) is 1. The Kier molecular flexibility index (Phi) is 3.19. The Morgan fingerprint density at radius 3 is 3.00 bits per heavy atom. The largest absolute Gasteiger partial charge is 0.324 e. The van der Waals surface area contributed by atoms with Crippen LogP contribution in [0.15, 0.2) is 11.6 Å².